The van der Waals surface area contributed by atoms with Gasteiger partial charge in [-0.25, -0.2) is 0 Å². The first-order valence-electron chi connectivity index (χ1n) is 16.8. The molecule has 0 fully saturated rings. The first-order chi connectivity index (χ1) is 27.3. The number of benzene rings is 4. The molecule has 3 N–H and O–H groups in total. The van der Waals surface area contributed by atoms with Crippen molar-refractivity contribution in [3.05, 3.63) is 122 Å². The van der Waals surface area contributed by atoms with Gasteiger partial charge in [0.25, 0.3) is 6.47 Å². The third-order valence-corrected chi connectivity index (χ3v) is 9.52. The van der Waals surface area contributed by atoms with Crippen molar-refractivity contribution in [2.45, 2.75) is 34.2 Å². The summed E-state index contributed by atoms with van der Waals surface area (Å²) >= 11 is 9.06. The molecule has 4 aromatic carbocycles. The molecule has 0 spiro atoms. The zero-order valence-electron chi connectivity index (χ0n) is 36.0. The first kappa shape index (κ1) is 61.5. The Bertz CT molecular complexity index is 2550. The molecule has 20 heteroatoms. The molecule has 60 heavy (non-hydrogen) atoms. The number of alkyl halides is 1. The number of nitrogens with one attached hydrogen (secondary N) is 1. The monoisotopic (exact) mass is 1340 g/mol. The maximum absolute atomic E-state index is 8.84. The average molecular weight is 1340 g/mol. The quantitative estimate of drug-likeness (QED) is 0.0491. The number of carbonyl (C=O) groups excluding carboxylic acids is 1. The summed E-state index contributed by atoms with van der Waals surface area (Å²) < 4.78 is 7.52. The largest absolute Gasteiger partial charge is 1.00 e. The summed E-state index contributed by atoms with van der Waals surface area (Å²) in [7, 11) is 5.73. The van der Waals surface area contributed by atoms with E-state index in [1.54, 1.807) is 4.68 Å². The molecule has 14 nitrogen and oxygen atoms in total. The van der Waals surface area contributed by atoms with Crippen LogP contribution in [0.2, 0.25) is 0 Å². The van der Waals surface area contributed by atoms with Crippen molar-refractivity contribution in [1.29, 1.82) is 10.5 Å². The summed E-state index contributed by atoms with van der Waals surface area (Å²) in [6, 6.07) is 18.2. The number of rotatable bonds is 2. The van der Waals surface area contributed by atoms with Crippen molar-refractivity contribution < 1.29 is 171 Å². The van der Waals surface area contributed by atoms with Gasteiger partial charge in [-0.15, -0.1) is 0 Å². The first-order valence-corrected chi connectivity index (χ1v) is 20.5. The van der Waals surface area contributed by atoms with Crippen molar-refractivity contribution >= 4 is 105 Å². The summed E-state index contributed by atoms with van der Waals surface area (Å²) in [5.74, 6) is 0. The molecule has 8 aromatic rings. The Morgan fingerprint density at radius 2 is 1.18 bits per heavy atom. The van der Waals surface area contributed by atoms with Crippen molar-refractivity contribution in [1.82, 2.24) is 39.5 Å². The third-order valence-electron chi connectivity index (χ3n) is 8.22. The summed E-state index contributed by atoms with van der Waals surface area (Å²) in [5.41, 5.74) is 16.2. The fourth-order valence-electron chi connectivity index (χ4n) is 5.48. The molecule has 8 rings (SSSR count). The minimum Gasteiger partial charge on any atom is -1.00 e. The Hall–Kier alpha value is -0.557. The Balaban J connectivity index is -0.000000682. The summed E-state index contributed by atoms with van der Waals surface area (Å²) in [6.07, 6.45) is 7.85. The number of aromatic amines is 1. The molecular formula is C40H43Br2Cs2CuIN11O3. The minimum absolute atomic E-state index is 0. The summed E-state index contributed by atoms with van der Waals surface area (Å²) in [6.45, 7) is 13.4. The number of nitrogens with zero attached hydrogens (tertiary/aromatic N) is 9. The van der Waals surface area contributed by atoms with Gasteiger partial charge in [0.15, 0.2) is 0 Å². The van der Waals surface area contributed by atoms with Crippen LogP contribution in [0.1, 0.15) is 34.8 Å². The predicted molar refractivity (Wildman–Crippen MR) is 238 cm³/mol. The summed E-state index contributed by atoms with van der Waals surface area (Å²) in [4.78, 5) is 13.2. The fraction of sp³-hybridized carbons (Fsp3) is 0.225. The molecule has 0 radical (unpaired) electrons. The maximum Gasteiger partial charge on any atom is 1.00 e. The number of fused-ring (bicyclic) bond motifs is 4. The Morgan fingerprint density at radius 3 is 1.63 bits per heavy atom. The molecule has 0 aliphatic heterocycles. The average Bonchev–Trinajstić information content (AvgIpc) is 4.04. The predicted octanol–water partition coefficient (Wildman–Crippen LogP) is 2.07. The van der Waals surface area contributed by atoms with Gasteiger partial charge in [-0.3, -0.25) is 23.9 Å². The Kier molecular flexibility index (Phi) is 33.0. The molecule has 310 valence electrons. The van der Waals surface area contributed by atoms with Crippen LogP contribution in [0.5, 0.6) is 0 Å². The zero-order chi connectivity index (χ0) is 42.8. The molecule has 0 bridgehead atoms. The Labute approximate surface area is 510 Å². The van der Waals surface area contributed by atoms with Crippen molar-refractivity contribution in [3.8, 4) is 6.07 Å². The van der Waals surface area contributed by atoms with Crippen molar-refractivity contribution in [2.75, 3.05) is 4.93 Å². The number of carbonyl (C=O) groups is 1. The molecular weight excluding hydrogens is 1300 g/mol. The van der Waals surface area contributed by atoms with Crippen LogP contribution >= 0.6 is 54.5 Å². The zero-order valence-corrected chi connectivity index (χ0v) is 53.8. The van der Waals surface area contributed by atoms with E-state index in [4.69, 9.17) is 32.9 Å². The van der Waals surface area contributed by atoms with E-state index in [1.165, 1.54) is 32.8 Å². The smallest absolute Gasteiger partial charge is 1.00 e. The van der Waals surface area contributed by atoms with Gasteiger partial charge in [0.05, 0.1) is 22.8 Å². The van der Waals surface area contributed by atoms with Gasteiger partial charge < -0.3 is 29.1 Å². The van der Waals surface area contributed by atoms with Gasteiger partial charge in [-0.05, 0) is 111 Å². The third kappa shape index (κ3) is 17.4. The van der Waals surface area contributed by atoms with Crippen LogP contribution in [-0.4, -0.2) is 50.9 Å². The molecule has 0 saturated carbocycles. The number of nitriles is 1. The standard InChI is InChI=1S/C10H13N3.C10H9N3.C9H9BrN2.C8H7BrN2.CH3I.CN.CH2O3.2Cs.Cu.H/c2*1-7-3-4-8(5-11)10-9(7)6-13(2)12-10;1-6-3-4-8(10)9-7(6)5-12(2)11-9;1-5-2-3-7(9)8-6(5)4-10-11-8;2*1-2;2-1-4-3;;;;/h3-4,6H,5,11H2,1-2H3;3-4,6H,1-2H3;3-5H,1-2H3;2-4H,1H3,(H,10,11);1H3;;1,3H;;;;/q;;;;;-1;;3*+1;-1/p-1. The molecule has 0 unspecified atom stereocenters. The molecule has 0 amide bonds. The van der Waals surface area contributed by atoms with Crippen molar-refractivity contribution in [3.63, 3.8) is 0 Å². The molecule has 0 saturated heterocycles. The second-order valence-corrected chi connectivity index (χ2v) is 13.8. The minimum atomic E-state index is -0.181. The summed E-state index contributed by atoms with van der Waals surface area (Å²) in [5, 5.41) is 48.0. The molecule has 4 aromatic heterocycles. The van der Waals surface area contributed by atoms with E-state index >= 15 is 0 Å². The van der Waals surface area contributed by atoms with Gasteiger partial charge in [0.1, 0.15) is 17.1 Å². The number of hydrogen-bond donors (Lipinski definition) is 2. The normalized spacial score (nSPS) is 9.23. The molecule has 0 aliphatic rings. The van der Waals surface area contributed by atoms with Crippen LogP contribution in [0.15, 0.2) is 82.3 Å². The van der Waals surface area contributed by atoms with E-state index in [2.05, 4.69) is 130 Å². The van der Waals surface area contributed by atoms with Crippen LogP contribution in [-0.2, 0) is 54.4 Å². The van der Waals surface area contributed by atoms with Crippen molar-refractivity contribution in [2.24, 2.45) is 26.9 Å². The van der Waals surface area contributed by atoms with Gasteiger partial charge in [-0.2, -0.15) is 25.7 Å². The fourth-order valence-corrected chi connectivity index (χ4v) is 6.33. The van der Waals surface area contributed by atoms with Crippen LogP contribution in [0.3, 0.4) is 0 Å². The van der Waals surface area contributed by atoms with Crippen LogP contribution in [0.25, 0.3) is 43.6 Å². The number of H-pyrrole nitrogens is 1. The number of halogens is 3. The second-order valence-electron chi connectivity index (χ2n) is 12.1. The van der Waals surface area contributed by atoms with E-state index in [9.17, 15) is 0 Å². The molecule has 0 aliphatic carbocycles. The molecule has 4 heterocycles. The van der Waals surface area contributed by atoms with E-state index in [-0.39, 0.29) is 163 Å². The number of aryl methyl sites for hydroxylation is 7. The van der Waals surface area contributed by atoms with Gasteiger partial charge in [-0.1, -0.05) is 52.9 Å². The second kappa shape index (κ2) is 32.2. The molecule has 0 atom stereocenters. The van der Waals surface area contributed by atoms with E-state index in [1.807, 2.05) is 97.5 Å². The van der Waals surface area contributed by atoms with E-state index in [0.29, 0.717) is 12.1 Å². The Morgan fingerprint density at radius 1 is 0.783 bits per heavy atom. The number of nitrogens with two attached hydrogens (primary N) is 1. The van der Waals surface area contributed by atoms with Crippen LogP contribution < -0.4 is 149 Å². The number of aromatic nitrogens is 8. The number of hydrogen-bond acceptors (Lipinski definition) is 10. The van der Waals surface area contributed by atoms with Gasteiger partial charge in [0, 0.05) is 76.8 Å². The van der Waals surface area contributed by atoms with Crippen LogP contribution in [0.4, 0.5) is 0 Å². The van der Waals surface area contributed by atoms with E-state index in [0.717, 1.165) is 47.5 Å². The SMILES string of the molecule is CI.Cc1ccc(Br)c2[nH]ncc12.Cc1ccc(Br)c2nn(C)cc12.Cc1ccc(C#N)c2nn(C)cc12.Cc1ccc(CN)c2nn(C)cc12.O=CO[O-].[C-]#N.[Cs+].[Cs+].[Cu+].[H-]. The van der Waals surface area contributed by atoms with E-state index < -0.39 is 0 Å². The van der Waals surface area contributed by atoms with Crippen LogP contribution in [0, 0.1) is 50.9 Å². The van der Waals surface area contributed by atoms with Gasteiger partial charge in [0.2, 0.25) is 0 Å². The topological polar surface area (TPSA) is 205 Å². The maximum atomic E-state index is 8.84. The van der Waals surface area contributed by atoms with Gasteiger partial charge >= 0.3 is 155 Å².